The smallest absolute Gasteiger partial charge is 0.272 e. The third kappa shape index (κ3) is 4.30. The standard InChI is InChI=1S/C21H19F2N3O4/c22-13-5-6-17(23)19(9-13)30-12-14-11-26(7-8-29-14)20(27)10-18-15-3-1-2-4-16(15)21(28)25-24-18/h1-6,9,14H,7-8,10-12H2,(H,25,28). The number of amides is 1. The summed E-state index contributed by atoms with van der Waals surface area (Å²) in [5.41, 5.74) is 0.172. The Morgan fingerprint density at radius 3 is 2.87 bits per heavy atom. The van der Waals surface area contributed by atoms with Crippen molar-refractivity contribution < 1.29 is 23.0 Å². The normalized spacial score (nSPS) is 16.6. The second kappa shape index (κ2) is 8.58. The quantitative estimate of drug-likeness (QED) is 0.690. The van der Waals surface area contributed by atoms with E-state index in [4.69, 9.17) is 9.47 Å². The molecule has 1 atom stereocenters. The third-order valence-electron chi connectivity index (χ3n) is 4.90. The molecular formula is C21H19F2N3O4. The zero-order valence-electron chi connectivity index (χ0n) is 15.9. The van der Waals surface area contributed by atoms with E-state index in [-0.39, 0.29) is 36.8 Å². The van der Waals surface area contributed by atoms with Gasteiger partial charge in [-0.1, -0.05) is 18.2 Å². The van der Waals surface area contributed by atoms with E-state index in [1.165, 1.54) is 0 Å². The van der Waals surface area contributed by atoms with Crippen LogP contribution >= 0.6 is 0 Å². The van der Waals surface area contributed by atoms with Crippen LogP contribution in [-0.2, 0) is 16.0 Å². The van der Waals surface area contributed by atoms with Crippen molar-refractivity contribution in [3.05, 3.63) is 70.1 Å². The second-order valence-corrected chi connectivity index (χ2v) is 6.94. The molecule has 2 aromatic carbocycles. The van der Waals surface area contributed by atoms with E-state index in [9.17, 15) is 18.4 Å². The maximum absolute atomic E-state index is 13.7. The van der Waals surface area contributed by atoms with Crippen LogP contribution in [0, 0.1) is 11.6 Å². The lowest BCUT2D eigenvalue weighted by atomic mass is 10.1. The Bertz CT molecular complexity index is 1130. The number of aromatic amines is 1. The molecule has 1 saturated heterocycles. The topological polar surface area (TPSA) is 84.5 Å². The van der Waals surface area contributed by atoms with Crippen molar-refractivity contribution in [2.45, 2.75) is 12.5 Å². The Morgan fingerprint density at radius 1 is 1.23 bits per heavy atom. The van der Waals surface area contributed by atoms with Gasteiger partial charge in [0, 0.05) is 18.0 Å². The van der Waals surface area contributed by atoms with Crippen molar-refractivity contribution in [3.63, 3.8) is 0 Å². The fourth-order valence-electron chi connectivity index (χ4n) is 3.38. The van der Waals surface area contributed by atoms with Crippen LogP contribution in [-0.4, -0.2) is 53.4 Å². The van der Waals surface area contributed by atoms with E-state index in [1.54, 1.807) is 29.2 Å². The number of morpholine rings is 1. The lowest BCUT2D eigenvalue weighted by Crippen LogP contribution is -2.48. The number of H-pyrrole nitrogens is 1. The molecule has 0 aliphatic carbocycles. The van der Waals surface area contributed by atoms with E-state index in [1.807, 2.05) is 0 Å². The first-order valence-electron chi connectivity index (χ1n) is 9.45. The number of aromatic nitrogens is 2. The van der Waals surface area contributed by atoms with E-state index in [0.29, 0.717) is 29.6 Å². The first-order chi connectivity index (χ1) is 14.5. The zero-order valence-corrected chi connectivity index (χ0v) is 15.9. The molecule has 2 heterocycles. The van der Waals surface area contributed by atoms with Crippen LogP contribution in [0.3, 0.4) is 0 Å². The van der Waals surface area contributed by atoms with E-state index >= 15 is 0 Å². The molecule has 1 unspecified atom stereocenters. The SMILES string of the molecule is O=C(Cc1n[nH]c(=O)c2ccccc12)N1CCOC(COc2cc(F)ccc2F)C1. The summed E-state index contributed by atoms with van der Waals surface area (Å²) in [5.74, 6) is -1.65. The van der Waals surface area contributed by atoms with Crippen LogP contribution in [0.5, 0.6) is 5.75 Å². The summed E-state index contributed by atoms with van der Waals surface area (Å²) in [6, 6.07) is 9.93. The number of carbonyl (C=O) groups is 1. The van der Waals surface area contributed by atoms with Crippen LogP contribution in [0.25, 0.3) is 10.8 Å². The number of hydrogen-bond acceptors (Lipinski definition) is 5. The van der Waals surface area contributed by atoms with Crippen molar-refractivity contribution in [1.29, 1.82) is 0 Å². The number of halogens is 2. The number of fused-ring (bicyclic) bond motifs is 1. The molecule has 0 spiro atoms. The average molecular weight is 415 g/mol. The monoisotopic (exact) mass is 415 g/mol. The lowest BCUT2D eigenvalue weighted by Gasteiger charge is -2.33. The predicted octanol–water partition coefficient (Wildman–Crippen LogP) is 2.05. The van der Waals surface area contributed by atoms with Gasteiger partial charge in [-0.2, -0.15) is 5.10 Å². The summed E-state index contributed by atoms with van der Waals surface area (Å²) in [5, 5.41) is 7.56. The predicted molar refractivity (Wildman–Crippen MR) is 104 cm³/mol. The minimum absolute atomic E-state index is 0.0173. The van der Waals surface area contributed by atoms with Crippen molar-refractivity contribution in [3.8, 4) is 5.75 Å². The molecule has 1 N–H and O–H groups in total. The lowest BCUT2D eigenvalue weighted by molar-refractivity contribution is -0.139. The van der Waals surface area contributed by atoms with E-state index in [0.717, 1.165) is 18.2 Å². The Labute approximate surface area is 170 Å². The van der Waals surface area contributed by atoms with Crippen molar-refractivity contribution in [2.24, 2.45) is 0 Å². The third-order valence-corrected chi connectivity index (χ3v) is 4.90. The molecule has 1 fully saturated rings. The average Bonchev–Trinajstić information content (AvgIpc) is 2.76. The molecule has 1 aliphatic heterocycles. The van der Waals surface area contributed by atoms with Gasteiger partial charge in [-0.05, 0) is 18.2 Å². The van der Waals surface area contributed by atoms with Gasteiger partial charge in [-0.15, -0.1) is 0 Å². The van der Waals surface area contributed by atoms with Crippen LogP contribution in [0.15, 0.2) is 47.3 Å². The highest BCUT2D eigenvalue weighted by atomic mass is 19.1. The van der Waals surface area contributed by atoms with E-state index < -0.39 is 17.7 Å². The van der Waals surface area contributed by atoms with Gasteiger partial charge >= 0.3 is 0 Å². The molecular weight excluding hydrogens is 396 g/mol. The van der Waals surface area contributed by atoms with Crippen LogP contribution < -0.4 is 10.3 Å². The number of nitrogens with zero attached hydrogens (tertiary/aromatic N) is 2. The molecule has 3 aromatic rings. The van der Waals surface area contributed by atoms with Gasteiger partial charge in [0.1, 0.15) is 18.5 Å². The number of rotatable bonds is 5. The molecule has 4 rings (SSSR count). The Balaban J connectivity index is 1.41. The highest BCUT2D eigenvalue weighted by Crippen LogP contribution is 2.19. The van der Waals surface area contributed by atoms with Gasteiger partial charge in [-0.3, -0.25) is 9.59 Å². The Morgan fingerprint density at radius 2 is 2.03 bits per heavy atom. The molecule has 9 heteroatoms. The van der Waals surface area contributed by atoms with Crippen molar-refractivity contribution in [2.75, 3.05) is 26.3 Å². The largest absolute Gasteiger partial charge is 0.488 e. The van der Waals surface area contributed by atoms with E-state index in [2.05, 4.69) is 10.2 Å². The number of benzene rings is 2. The van der Waals surface area contributed by atoms with Crippen molar-refractivity contribution >= 4 is 16.7 Å². The van der Waals surface area contributed by atoms with Crippen LogP contribution in [0.1, 0.15) is 5.69 Å². The molecule has 156 valence electrons. The highest BCUT2D eigenvalue weighted by molar-refractivity contribution is 5.88. The molecule has 0 radical (unpaired) electrons. The molecule has 7 nitrogen and oxygen atoms in total. The summed E-state index contributed by atoms with van der Waals surface area (Å²) in [4.78, 5) is 26.3. The van der Waals surface area contributed by atoms with Gasteiger partial charge in [0.15, 0.2) is 11.6 Å². The highest BCUT2D eigenvalue weighted by Gasteiger charge is 2.26. The van der Waals surface area contributed by atoms with Gasteiger partial charge < -0.3 is 14.4 Å². The van der Waals surface area contributed by atoms with Gasteiger partial charge in [0.25, 0.3) is 5.56 Å². The maximum atomic E-state index is 13.7. The molecule has 1 amide bonds. The zero-order chi connectivity index (χ0) is 21.1. The molecule has 0 bridgehead atoms. The minimum Gasteiger partial charge on any atom is -0.488 e. The van der Waals surface area contributed by atoms with Crippen molar-refractivity contribution in [1.82, 2.24) is 15.1 Å². The summed E-state index contributed by atoms with van der Waals surface area (Å²) in [6.45, 7) is 0.914. The molecule has 0 saturated carbocycles. The maximum Gasteiger partial charge on any atom is 0.272 e. The molecule has 1 aliphatic rings. The number of ether oxygens (including phenoxy) is 2. The summed E-state index contributed by atoms with van der Waals surface area (Å²) in [7, 11) is 0. The van der Waals surface area contributed by atoms with Crippen LogP contribution in [0.4, 0.5) is 8.78 Å². The minimum atomic E-state index is -0.670. The van der Waals surface area contributed by atoms with Gasteiger partial charge in [0.05, 0.1) is 30.7 Å². The Kier molecular flexibility index (Phi) is 5.71. The second-order valence-electron chi connectivity index (χ2n) is 6.94. The number of hydrogen-bond donors (Lipinski definition) is 1. The first-order valence-corrected chi connectivity index (χ1v) is 9.45. The van der Waals surface area contributed by atoms with Gasteiger partial charge in [0.2, 0.25) is 5.91 Å². The fraction of sp³-hybridized carbons (Fsp3) is 0.286. The fourth-order valence-corrected chi connectivity index (χ4v) is 3.38. The molecule has 30 heavy (non-hydrogen) atoms. The van der Waals surface area contributed by atoms with Crippen LogP contribution in [0.2, 0.25) is 0 Å². The summed E-state index contributed by atoms with van der Waals surface area (Å²) in [6.07, 6.45) is -0.464. The number of nitrogens with one attached hydrogen (secondary N) is 1. The summed E-state index contributed by atoms with van der Waals surface area (Å²) < 4.78 is 37.9. The van der Waals surface area contributed by atoms with Gasteiger partial charge in [-0.25, -0.2) is 13.9 Å². The summed E-state index contributed by atoms with van der Waals surface area (Å²) >= 11 is 0. The molecule has 1 aromatic heterocycles. The first kappa shape index (κ1) is 20.0. The number of carbonyl (C=O) groups excluding carboxylic acids is 1. The Hall–Kier alpha value is -3.33.